The number of aromatic nitrogens is 1. The van der Waals surface area contributed by atoms with Crippen LogP contribution in [0.2, 0.25) is 0 Å². The number of nitrogens with one attached hydrogen (secondary N) is 2. The summed E-state index contributed by atoms with van der Waals surface area (Å²) in [6.07, 6.45) is 3.32. The first-order valence-corrected chi connectivity index (χ1v) is 7.12. The first-order chi connectivity index (χ1) is 8.65. The normalized spacial score (nSPS) is 10.9. The van der Waals surface area contributed by atoms with E-state index in [1.54, 1.807) is 0 Å². The van der Waals surface area contributed by atoms with Crippen LogP contribution < -0.4 is 10.6 Å². The molecule has 1 aromatic heterocycles. The fraction of sp³-hybridized carbons (Fsp3) is 0.667. The van der Waals surface area contributed by atoms with Crippen LogP contribution in [0.15, 0.2) is 12.1 Å². The van der Waals surface area contributed by atoms with Crippen molar-refractivity contribution in [1.29, 1.82) is 0 Å². The molecule has 2 N–H and O–H groups in total. The molecule has 0 fully saturated rings. The second kappa shape index (κ2) is 8.09. The molecule has 0 unspecified atom stereocenters. The van der Waals surface area contributed by atoms with Crippen LogP contribution in [0.3, 0.4) is 0 Å². The quantitative estimate of drug-likeness (QED) is 0.742. The summed E-state index contributed by atoms with van der Waals surface area (Å²) in [4.78, 5) is 4.65. The van der Waals surface area contributed by atoms with Crippen molar-refractivity contribution in [1.82, 2.24) is 10.3 Å². The molecule has 0 saturated carbocycles. The van der Waals surface area contributed by atoms with E-state index in [0.29, 0.717) is 6.04 Å². The molecule has 0 aliphatic heterocycles. The fourth-order valence-electron chi connectivity index (χ4n) is 1.80. The maximum absolute atomic E-state index is 4.65. The van der Waals surface area contributed by atoms with Crippen LogP contribution in [0.5, 0.6) is 0 Å². The highest BCUT2D eigenvalue weighted by Gasteiger charge is 2.03. The molecule has 0 spiro atoms. The molecule has 1 heterocycles. The second-order valence-corrected chi connectivity index (χ2v) is 5.06. The van der Waals surface area contributed by atoms with Gasteiger partial charge in [0.1, 0.15) is 5.82 Å². The Bertz CT molecular complexity index is 348. The number of anilines is 1. The molecule has 3 nitrogen and oxygen atoms in total. The van der Waals surface area contributed by atoms with Crippen LogP contribution in [0.4, 0.5) is 5.82 Å². The molecule has 1 rings (SSSR count). The predicted octanol–water partition coefficient (Wildman–Crippen LogP) is 3.35. The predicted molar refractivity (Wildman–Crippen MR) is 79.0 cm³/mol. The van der Waals surface area contributed by atoms with Gasteiger partial charge in [-0.25, -0.2) is 4.98 Å². The molecule has 0 saturated heterocycles. The molecule has 0 aromatic carbocycles. The second-order valence-electron chi connectivity index (χ2n) is 5.06. The molecular weight excluding hydrogens is 222 g/mol. The van der Waals surface area contributed by atoms with Crippen LogP contribution in [0.25, 0.3) is 0 Å². The topological polar surface area (TPSA) is 37.0 Å². The highest BCUT2D eigenvalue weighted by atomic mass is 15.0. The Morgan fingerprint density at radius 3 is 2.56 bits per heavy atom. The summed E-state index contributed by atoms with van der Waals surface area (Å²) >= 11 is 0. The first kappa shape index (κ1) is 15.0. The smallest absolute Gasteiger partial charge is 0.126 e. The minimum atomic E-state index is 0.514. The minimum Gasteiger partial charge on any atom is -0.370 e. The average molecular weight is 249 g/mol. The van der Waals surface area contributed by atoms with Gasteiger partial charge in [-0.15, -0.1) is 0 Å². The van der Waals surface area contributed by atoms with E-state index in [-0.39, 0.29) is 0 Å². The van der Waals surface area contributed by atoms with Gasteiger partial charge in [-0.05, 0) is 30.5 Å². The molecule has 0 amide bonds. The summed E-state index contributed by atoms with van der Waals surface area (Å²) in [5, 5.41) is 6.84. The Morgan fingerprint density at radius 1 is 1.17 bits per heavy atom. The first-order valence-electron chi connectivity index (χ1n) is 7.12. The van der Waals surface area contributed by atoms with E-state index in [2.05, 4.69) is 55.4 Å². The molecule has 1 aromatic rings. The number of nitrogens with zero attached hydrogens (tertiary/aromatic N) is 1. The summed E-state index contributed by atoms with van der Waals surface area (Å²) in [7, 11) is 0. The third kappa shape index (κ3) is 5.50. The average Bonchev–Trinajstić information content (AvgIpc) is 2.34. The van der Waals surface area contributed by atoms with Crippen molar-refractivity contribution < 1.29 is 0 Å². The Labute approximate surface area is 111 Å². The van der Waals surface area contributed by atoms with Crippen LogP contribution in [-0.4, -0.2) is 17.6 Å². The maximum Gasteiger partial charge on any atom is 0.126 e. The molecule has 102 valence electrons. The number of rotatable bonds is 8. The molecular formula is C15H27N3. The number of hydrogen-bond acceptors (Lipinski definition) is 3. The zero-order valence-electron chi connectivity index (χ0n) is 12.2. The van der Waals surface area contributed by atoms with Gasteiger partial charge in [0.2, 0.25) is 0 Å². The highest BCUT2D eigenvalue weighted by molar-refractivity contribution is 5.39. The van der Waals surface area contributed by atoms with Gasteiger partial charge in [0.15, 0.2) is 0 Å². The number of aryl methyl sites for hydroxylation is 1. The van der Waals surface area contributed by atoms with E-state index in [1.807, 2.05) is 0 Å². The highest BCUT2D eigenvalue weighted by Crippen LogP contribution is 2.12. The van der Waals surface area contributed by atoms with E-state index >= 15 is 0 Å². The third-order valence-corrected chi connectivity index (χ3v) is 2.71. The van der Waals surface area contributed by atoms with Gasteiger partial charge < -0.3 is 10.6 Å². The standard InChI is InChI=1S/C15H27N3/c1-5-7-14-9-13(11-17-12(3)4)10-15(18-14)16-8-6-2/h9-10,12,17H,5-8,11H2,1-4H3,(H,16,18). The molecule has 3 heteroatoms. The van der Waals surface area contributed by atoms with Crippen molar-refractivity contribution in [3.05, 3.63) is 23.4 Å². The Balaban J connectivity index is 2.76. The summed E-state index contributed by atoms with van der Waals surface area (Å²) in [6, 6.07) is 4.89. The van der Waals surface area contributed by atoms with Gasteiger partial charge in [-0.1, -0.05) is 34.1 Å². The van der Waals surface area contributed by atoms with E-state index in [0.717, 1.165) is 38.2 Å². The van der Waals surface area contributed by atoms with Crippen molar-refractivity contribution in [2.45, 2.75) is 59.5 Å². The van der Waals surface area contributed by atoms with Crippen molar-refractivity contribution in [2.75, 3.05) is 11.9 Å². The zero-order chi connectivity index (χ0) is 13.4. The fourth-order valence-corrected chi connectivity index (χ4v) is 1.80. The molecule has 18 heavy (non-hydrogen) atoms. The van der Waals surface area contributed by atoms with Gasteiger partial charge in [-0.3, -0.25) is 0 Å². The van der Waals surface area contributed by atoms with Gasteiger partial charge in [0.25, 0.3) is 0 Å². The zero-order valence-corrected chi connectivity index (χ0v) is 12.2. The summed E-state index contributed by atoms with van der Waals surface area (Å²) in [5.41, 5.74) is 2.51. The molecule has 0 aliphatic carbocycles. The Morgan fingerprint density at radius 2 is 1.94 bits per heavy atom. The monoisotopic (exact) mass is 249 g/mol. The van der Waals surface area contributed by atoms with Crippen LogP contribution in [-0.2, 0) is 13.0 Å². The lowest BCUT2D eigenvalue weighted by atomic mass is 10.1. The van der Waals surface area contributed by atoms with Crippen LogP contribution in [0.1, 0.15) is 51.8 Å². The van der Waals surface area contributed by atoms with Crippen LogP contribution in [0, 0.1) is 0 Å². The molecule has 0 radical (unpaired) electrons. The van der Waals surface area contributed by atoms with Gasteiger partial charge in [-0.2, -0.15) is 0 Å². The lowest BCUT2D eigenvalue weighted by molar-refractivity contribution is 0.588. The third-order valence-electron chi connectivity index (χ3n) is 2.71. The molecule has 0 aliphatic rings. The SMILES string of the molecule is CCCNc1cc(CNC(C)C)cc(CCC)n1. The summed E-state index contributed by atoms with van der Waals surface area (Å²) in [6.45, 7) is 10.6. The lowest BCUT2D eigenvalue weighted by Crippen LogP contribution is -2.22. The molecule has 0 bridgehead atoms. The Kier molecular flexibility index (Phi) is 6.73. The van der Waals surface area contributed by atoms with E-state index < -0.39 is 0 Å². The van der Waals surface area contributed by atoms with Gasteiger partial charge in [0.05, 0.1) is 0 Å². The largest absolute Gasteiger partial charge is 0.370 e. The lowest BCUT2D eigenvalue weighted by Gasteiger charge is -2.12. The minimum absolute atomic E-state index is 0.514. The van der Waals surface area contributed by atoms with Crippen molar-refractivity contribution in [3.8, 4) is 0 Å². The van der Waals surface area contributed by atoms with E-state index in [9.17, 15) is 0 Å². The molecule has 0 atom stereocenters. The summed E-state index contributed by atoms with van der Waals surface area (Å²) in [5.74, 6) is 1.02. The van der Waals surface area contributed by atoms with Crippen molar-refractivity contribution in [3.63, 3.8) is 0 Å². The maximum atomic E-state index is 4.65. The van der Waals surface area contributed by atoms with Crippen LogP contribution >= 0.6 is 0 Å². The van der Waals surface area contributed by atoms with Gasteiger partial charge in [0, 0.05) is 24.8 Å². The van der Waals surface area contributed by atoms with Crippen molar-refractivity contribution >= 4 is 5.82 Å². The Hall–Kier alpha value is -1.09. The number of pyridine rings is 1. The van der Waals surface area contributed by atoms with E-state index in [1.165, 1.54) is 11.3 Å². The summed E-state index contributed by atoms with van der Waals surface area (Å²) < 4.78 is 0. The van der Waals surface area contributed by atoms with Gasteiger partial charge >= 0.3 is 0 Å². The van der Waals surface area contributed by atoms with Crippen molar-refractivity contribution in [2.24, 2.45) is 0 Å². The van der Waals surface area contributed by atoms with E-state index in [4.69, 9.17) is 0 Å². The number of hydrogen-bond donors (Lipinski definition) is 2.